The Labute approximate surface area is 220 Å². The number of carbonyl (C=O) groups is 1. The lowest BCUT2D eigenvalue weighted by atomic mass is 10.3. The third-order valence-corrected chi connectivity index (χ3v) is 7.92. The quantitative estimate of drug-likeness (QED) is 0.235. The van der Waals surface area contributed by atoms with Crippen LogP contribution in [0.1, 0.15) is 10.6 Å². The first-order chi connectivity index (χ1) is 17.9. The molecule has 12 heteroatoms. The van der Waals surface area contributed by atoms with Crippen molar-refractivity contribution in [1.82, 2.24) is 15.0 Å². The lowest BCUT2D eigenvalue weighted by Gasteiger charge is -2.08. The number of rotatable bonds is 9. The zero-order chi connectivity index (χ0) is 25.7. The van der Waals surface area contributed by atoms with E-state index in [1.165, 1.54) is 42.2 Å². The van der Waals surface area contributed by atoms with Crippen molar-refractivity contribution in [3.8, 4) is 0 Å². The average Bonchev–Trinajstić information content (AvgIpc) is 3.56. The van der Waals surface area contributed by atoms with E-state index in [1.807, 2.05) is 47.9 Å². The largest absolute Gasteiger partial charge is 0.431 e. The fraction of sp³-hybridized carbons (Fsp3) is 0.0400. The number of nitrogens with one attached hydrogen (secondary N) is 2. The Kier molecular flexibility index (Phi) is 7.30. The molecule has 0 bridgehead atoms. The minimum atomic E-state index is -3.93. The summed E-state index contributed by atoms with van der Waals surface area (Å²) in [4.78, 5) is 26.0. The summed E-state index contributed by atoms with van der Waals surface area (Å²) in [6.07, 6.45) is 5.16. The number of oxazole rings is 1. The van der Waals surface area contributed by atoms with E-state index in [9.17, 15) is 13.2 Å². The maximum absolute atomic E-state index is 12.8. The molecule has 186 valence electrons. The first-order valence-electron chi connectivity index (χ1n) is 10.9. The number of amides is 1. The number of aromatic nitrogens is 3. The average molecular weight is 550 g/mol. The molecule has 3 aromatic heterocycles. The number of benzene rings is 2. The smallest absolute Gasteiger partial charge is 0.264 e. The number of thiophene rings is 1. The molecule has 0 fully saturated rings. The third-order valence-electron chi connectivity index (χ3n) is 4.91. The van der Waals surface area contributed by atoms with E-state index in [4.69, 9.17) is 4.42 Å². The van der Waals surface area contributed by atoms with Crippen LogP contribution in [0.2, 0.25) is 0 Å². The highest BCUT2D eigenvalue weighted by Crippen LogP contribution is 2.23. The number of nitrogens with zero attached hydrogens (tertiary/aromatic N) is 3. The molecule has 0 saturated heterocycles. The van der Waals surface area contributed by atoms with Crippen LogP contribution >= 0.6 is 23.1 Å². The second kappa shape index (κ2) is 10.9. The molecule has 0 aliphatic carbocycles. The molecule has 0 saturated carbocycles. The fourth-order valence-corrected chi connectivity index (χ4v) is 5.41. The molecule has 9 nitrogen and oxygen atoms in total. The van der Waals surface area contributed by atoms with Crippen molar-refractivity contribution in [2.75, 3.05) is 15.8 Å². The van der Waals surface area contributed by atoms with Crippen molar-refractivity contribution in [1.29, 1.82) is 0 Å². The number of carbonyl (C=O) groups excluding carboxylic acids is 1. The molecule has 3 heterocycles. The first kappa shape index (κ1) is 24.7. The minimum Gasteiger partial charge on any atom is -0.431 e. The molecular weight excluding hydrogens is 531 g/mol. The predicted octanol–water partition coefficient (Wildman–Crippen LogP) is 5.38. The van der Waals surface area contributed by atoms with Crippen LogP contribution in [0.5, 0.6) is 0 Å². The predicted molar refractivity (Wildman–Crippen MR) is 146 cm³/mol. The van der Waals surface area contributed by atoms with Gasteiger partial charge in [-0.05, 0) is 66.1 Å². The molecule has 1 amide bonds. The highest BCUT2D eigenvalue weighted by atomic mass is 32.2. The van der Waals surface area contributed by atoms with Crippen LogP contribution in [-0.4, -0.2) is 35.0 Å². The summed E-state index contributed by atoms with van der Waals surface area (Å²) < 4.78 is 33.6. The highest BCUT2D eigenvalue weighted by molar-refractivity contribution is 7.99. The third kappa shape index (κ3) is 6.42. The zero-order valence-electron chi connectivity index (χ0n) is 19.1. The Morgan fingerprint density at radius 3 is 2.62 bits per heavy atom. The van der Waals surface area contributed by atoms with E-state index in [2.05, 4.69) is 25.0 Å². The van der Waals surface area contributed by atoms with Gasteiger partial charge in [0, 0.05) is 16.8 Å². The van der Waals surface area contributed by atoms with Gasteiger partial charge >= 0.3 is 0 Å². The van der Waals surface area contributed by atoms with Gasteiger partial charge in [-0.25, -0.2) is 28.1 Å². The lowest BCUT2D eigenvalue weighted by Crippen LogP contribution is -2.16. The Morgan fingerprint density at radius 1 is 1.00 bits per heavy atom. The molecule has 0 spiro atoms. The van der Waals surface area contributed by atoms with Gasteiger partial charge in [-0.1, -0.05) is 30.0 Å². The molecule has 5 rings (SSSR count). The Morgan fingerprint density at radius 2 is 1.84 bits per heavy atom. The first-order valence-corrected chi connectivity index (χ1v) is 14.3. The summed E-state index contributed by atoms with van der Waals surface area (Å²) in [5.74, 6) is -0.230. The second-order valence-corrected chi connectivity index (χ2v) is 11.2. The van der Waals surface area contributed by atoms with E-state index in [0.717, 1.165) is 10.4 Å². The lowest BCUT2D eigenvalue weighted by molar-refractivity contribution is -0.113. The van der Waals surface area contributed by atoms with Crippen molar-refractivity contribution in [3.05, 3.63) is 88.9 Å². The Bertz CT molecular complexity index is 1630. The summed E-state index contributed by atoms with van der Waals surface area (Å²) in [6, 6.07) is 18.8. The number of hydrogen-bond donors (Lipinski definition) is 2. The molecule has 2 aromatic carbocycles. The van der Waals surface area contributed by atoms with Gasteiger partial charge in [-0.2, -0.15) is 0 Å². The summed E-state index contributed by atoms with van der Waals surface area (Å²) in [5.41, 5.74) is 2.40. The van der Waals surface area contributed by atoms with Crippen LogP contribution in [0.25, 0.3) is 23.3 Å². The number of sulfonamides is 1. The van der Waals surface area contributed by atoms with Gasteiger partial charge in [-0.15, -0.1) is 11.3 Å². The van der Waals surface area contributed by atoms with Crippen molar-refractivity contribution >= 4 is 73.9 Å². The highest BCUT2D eigenvalue weighted by Gasteiger charge is 2.16. The normalized spacial score (nSPS) is 11.7. The van der Waals surface area contributed by atoms with Crippen molar-refractivity contribution in [2.45, 2.75) is 10.1 Å². The number of hydrogen-bond acceptors (Lipinski definition) is 9. The Hall–Kier alpha value is -4.00. The van der Waals surface area contributed by atoms with Gasteiger partial charge in [0.1, 0.15) is 5.52 Å². The number of fused-ring (bicyclic) bond motifs is 1. The van der Waals surface area contributed by atoms with Gasteiger partial charge < -0.3 is 9.73 Å². The van der Waals surface area contributed by atoms with Gasteiger partial charge in [0.25, 0.3) is 15.2 Å². The van der Waals surface area contributed by atoms with Crippen LogP contribution in [0, 0.1) is 0 Å². The zero-order valence-corrected chi connectivity index (χ0v) is 21.5. The maximum Gasteiger partial charge on any atom is 0.264 e. The molecule has 5 aromatic rings. The number of thioether (sulfide) groups is 1. The molecule has 2 N–H and O–H groups in total. The van der Waals surface area contributed by atoms with Crippen molar-refractivity contribution in [2.24, 2.45) is 0 Å². The maximum atomic E-state index is 12.8. The molecule has 37 heavy (non-hydrogen) atoms. The standard InChI is InChI=1S/C25H19N5O4S3/c31-23(16-36-25-29-21-5-1-2-6-22(21)34-25)27-17-8-11-20(12-9-17)37(32,33)30-24-26-14-13-18(28-24)7-10-19-4-3-15-35-19/h1-15H,16H2,(H,27,31)(H,26,28,30)/b10-7+. The van der Waals surface area contributed by atoms with E-state index >= 15 is 0 Å². The van der Waals surface area contributed by atoms with Crippen LogP contribution in [0.4, 0.5) is 11.6 Å². The molecule has 0 aliphatic rings. The van der Waals surface area contributed by atoms with Crippen LogP contribution < -0.4 is 10.0 Å². The number of para-hydroxylation sites is 2. The van der Waals surface area contributed by atoms with Gasteiger partial charge in [-0.3, -0.25) is 4.79 Å². The van der Waals surface area contributed by atoms with Crippen LogP contribution in [0.15, 0.2) is 92.8 Å². The molecular formula is C25H19N5O4S3. The summed E-state index contributed by atoms with van der Waals surface area (Å²) >= 11 is 2.76. The van der Waals surface area contributed by atoms with Crippen molar-refractivity contribution < 1.29 is 17.6 Å². The second-order valence-electron chi connectivity index (χ2n) is 7.57. The van der Waals surface area contributed by atoms with Crippen molar-refractivity contribution in [3.63, 3.8) is 0 Å². The minimum absolute atomic E-state index is 0.00878. The topological polar surface area (TPSA) is 127 Å². The van der Waals surface area contributed by atoms with E-state index < -0.39 is 10.0 Å². The van der Waals surface area contributed by atoms with E-state index in [1.54, 1.807) is 23.5 Å². The van der Waals surface area contributed by atoms with Gasteiger partial charge in [0.05, 0.1) is 16.3 Å². The summed E-state index contributed by atoms with van der Waals surface area (Å²) in [7, 11) is -3.93. The molecule has 0 aliphatic heterocycles. The monoisotopic (exact) mass is 549 g/mol. The summed E-state index contributed by atoms with van der Waals surface area (Å²) in [6.45, 7) is 0. The SMILES string of the molecule is O=C(CSc1nc2ccccc2o1)Nc1ccc(S(=O)(=O)Nc2nccc(/C=C/c3cccs3)n2)cc1. The molecule has 0 unspecified atom stereocenters. The summed E-state index contributed by atoms with van der Waals surface area (Å²) in [5, 5.41) is 5.10. The van der Waals surface area contributed by atoms with Crippen LogP contribution in [0.3, 0.4) is 0 Å². The number of anilines is 2. The Balaban J connectivity index is 1.18. The van der Waals surface area contributed by atoms with Crippen LogP contribution in [-0.2, 0) is 14.8 Å². The van der Waals surface area contributed by atoms with E-state index in [-0.39, 0.29) is 22.5 Å². The fourth-order valence-electron chi connectivity index (χ4n) is 3.20. The molecule has 0 atom stereocenters. The molecule has 0 radical (unpaired) electrons. The van der Waals surface area contributed by atoms with Gasteiger partial charge in [0.2, 0.25) is 11.9 Å². The van der Waals surface area contributed by atoms with Gasteiger partial charge in [0.15, 0.2) is 5.58 Å². The van der Waals surface area contributed by atoms with E-state index in [0.29, 0.717) is 22.2 Å².